The summed E-state index contributed by atoms with van der Waals surface area (Å²) in [4.78, 5) is 19.3. The maximum Gasteiger partial charge on any atom is 0.169 e. The average molecular weight is 324 g/mol. The summed E-state index contributed by atoms with van der Waals surface area (Å²) in [5, 5.41) is 0.879. The number of Topliss-reactive ketones (excluding diaryl/α,β-unsaturated/α-hetero) is 1. The Morgan fingerprint density at radius 2 is 1.74 bits per heavy atom. The van der Waals surface area contributed by atoms with Crippen LogP contribution in [0.25, 0.3) is 10.2 Å². The van der Waals surface area contributed by atoms with Crippen molar-refractivity contribution in [1.82, 2.24) is 4.98 Å². The Labute approximate surface area is 140 Å². The van der Waals surface area contributed by atoms with E-state index in [0.29, 0.717) is 6.42 Å². The number of carbonyl (C=O) groups is 1. The predicted octanol–water partition coefficient (Wildman–Crippen LogP) is 4.57. The molecule has 3 aromatic rings. The third-order valence-electron chi connectivity index (χ3n) is 3.97. The van der Waals surface area contributed by atoms with Crippen LogP contribution in [0.15, 0.2) is 48.5 Å². The topological polar surface area (TPSA) is 33.2 Å². The van der Waals surface area contributed by atoms with Crippen molar-refractivity contribution >= 4 is 33.0 Å². The van der Waals surface area contributed by atoms with Crippen LogP contribution in [-0.2, 0) is 6.42 Å². The molecule has 3 nitrogen and oxygen atoms in total. The van der Waals surface area contributed by atoms with Crippen molar-refractivity contribution in [3.8, 4) is 0 Å². The normalized spacial score (nSPS) is 10.9. The summed E-state index contributed by atoms with van der Waals surface area (Å²) in [5.74, 6) is 0.121. The smallest absolute Gasteiger partial charge is 0.169 e. The first kappa shape index (κ1) is 15.7. The number of benzene rings is 2. The summed E-state index contributed by atoms with van der Waals surface area (Å²) >= 11 is 1.60. The monoisotopic (exact) mass is 324 g/mol. The Morgan fingerprint density at radius 3 is 2.39 bits per heavy atom. The third kappa shape index (κ3) is 3.42. The summed E-state index contributed by atoms with van der Waals surface area (Å²) in [6.45, 7) is 6.20. The summed E-state index contributed by atoms with van der Waals surface area (Å²) in [6.07, 6.45) is 0.365. The molecule has 0 unspecified atom stereocenters. The number of anilines is 1. The van der Waals surface area contributed by atoms with Gasteiger partial charge in [0.2, 0.25) is 0 Å². The van der Waals surface area contributed by atoms with Gasteiger partial charge in [0.1, 0.15) is 5.01 Å². The van der Waals surface area contributed by atoms with Gasteiger partial charge in [-0.1, -0.05) is 12.1 Å². The van der Waals surface area contributed by atoms with Crippen LogP contribution in [0, 0.1) is 0 Å². The largest absolute Gasteiger partial charge is 0.372 e. The molecule has 0 saturated carbocycles. The molecule has 0 saturated heterocycles. The van der Waals surface area contributed by atoms with Crippen LogP contribution < -0.4 is 4.90 Å². The zero-order valence-corrected chi connectivity index (χ0v) is 14.3. The molecule has 0 radical (unpaired) electrons. The minimum absolute atomic E-state index is 0.121. The molecule has 0 atom stereocenters. The van der Waals surface area contributed by atoms with E-state index in [1.807, 2.05) is 48.5 Å². The van der Waals surface area contributed by atoms with Crippen molar-refractivity contribution in [2.45, 2.75) is 20.3 Å². The molecule has 1 aromatic heterocycles. The highest BCUT2D eigenvalue weighted by molar-refractivity contribution is 7.18. The SMILES string of the molecule is CCN(CC)c1ccc(C(=O)Cc2nc3ccccc3s2)cc1. The number of rotatable bonds is 6. The highest BCUT2D eigenvalue weighted by Crippen LogP contribution is 2.23. The Kier molecular flexibility index (Phi) is 4.72. The Hall–Kier alpha value is -2.20. The zero-order chi connectivity index (χ0) is 16.2. The molecule has 23 heavy (non-hydrogen) atoms. The second-order valence-electron chi connectivity index (χ2n) is 5.39. The zero-order valence-electron chi connectivity index (χ0n) is 13.5. The molecule has 0 aliphatic heterocycles. The standard InChI is InChI=1S/C19H20N2OS/c1-3-21(4-2)15-11-9-14(10-12-15)17(22)13-19-20-16-7-5-6-8-18(16)23-19/h5-12H,3-4,13H2,1-2H3. The summed E-state index contributed by atoms with van der Waals surface area (Å²) < 4.78 is 1.13. The molecule has 0 bridgehead atoms. The van der Waals surface area contributed by atoms with Gasteiger partial charge in [0.05, 0.1) is 16.6 Å². The molecule has 0 N–H and O–H groups in total. The second kappa shape index (κ2) is 6.92. The van der Waals surface area contributed by atoms with Crippen LogP contribution in [0.3, 0.4) is 0 Å². The lowest BCUT2D eigenvalue weighted by molar-refractivity contribution is 0.0993. The van der Waals surface area contributed by atoms with Crippen LogP contribution >= 0.6 is 11.3 Å². The summed E-state index contributed by atoms with van der Waals surface area (Å²) in [7, 11) is 0. The number of thiazole rings is 1. The number of nitrogens with zero attached hydrogens (tertiary/aromatic N) is 2. The Balaban J connectivity index is 1.75. The van der Waals surface area contributed by atoms with E-state index in [1.54, 1.807) is 11.3 Å². The average Bonchev–Trinajstić information content (AvgIpc) is 2.98. The van der Waals surface area contributed by atoms with Crippen molar-refractivity contribution in [2.24, 2.45) is 0 Å². The Morgan fingerprint density at radius 1 is 1.04 bits per heavy atom. The predicted molar refractivity (Wildman–Crippen MR) is 97.7 cm³/mol. The Bertz CT molecular complexity index is 771. The van der Waals surface area contributed by atoms with Gasteiger partial charge in [0.15, 0.2) is 5.78 Å². The molecule has 0 amide bonds. The van der Waals surface area contributed by atoms with E-state index in [2.05, 4.69) is 23.7 Å². The van der Waals surface area contributed by atoms with Crippen molar-refractivity contribution in [2.75, 3.05) is 18.0 Å². The van der Waals surface area contributed by atoms with Gasteiger partial charge in [-0.3, -0.25) is 4.79 Å². The maximum atomic E-state index is 12.5. The maximum absolute atomic E-state index is 12.5. The molecule has 0 fully saturated rings. The molecule has 0 aliphatic carbocycles. The van der Waals surface area contributed by atoms with Gasteiger partial charge in [-0.2, -0.15) is 0 Å². The molecule has 4 heteroatoms. The number of ketones is 1. The van der Waals surface area contributed by atoms with Gasteiger partial charge in [-0.25, -0.2) is 4.98 Å². The first-order valence-electron chi connectivity index (χ1n) is 7.94. The highest BCUT2D eigenvalue weighted by Gasteiger charge is 2.11. The molecular formula is C19H20N2OS. The van der Waals surface area contributed by atoms with Gasteiger partial charge >= 0.3 is 0 Å². The van der Waals surface area contributed by atoms with E-state index in [9.17, 15) is 4.79 Å². The van der Waals surface area contributed by atoms with Crippen molar-refractivity contribution in [3.63, 3.8) is 0 Å². The molecule has 2 aromatic carbocycles. The number of para-hydroxylation sites is 1. The fraction of sp³-hybridized carbons (Fsp3) is 0.263. The van der Waals surface area contributed by atoms with Crippen LogP contribution in [-0.4, -0.2) is 23.9 Å². The second-order valence-corrected chi connectivity index (χ2v) is 6.51. The molecular weight excluding hydrogens is 304 g/mol. The van der Waals surface area contributed by atoms with E-state index in [1.165, 1.54) is 0 Å². The lowest BCUT2D eigenvalue weighted by Gasteiger charge is -2.20. The summed E-state index contributed by atoms with van der Waals surface area (Å²) in [5.41, 5.74) is 2.88. The van der Waals surface area contributed by atoms with Crippen LogP contribution in [0.5, 0.6) is 0 Å². The minimum atomic E-state index is 0.121. The number of aromatic nitrogens is 1. The molecule has 0 aliphatic rings. The summed E-state index contributed by atoms with van der Waals surface area (Å²) in [6, 6.07) is 15.9. The first-order chi connectivity index (χ1) is 11.2. The molecule has 118 valence electrons. The molecule has 3 rings (SSSR count). The van der Waals surface area contributed by atoms with Crippen molar-refractivity contribution in [1.29, 1.82) is 0 Å². The van der Waals surface area contributed by atoms with E-state index >= 15 is 0 Å². The van der Waals surface area contributed by atoms with Gasteiger partial charge in [-0.15, -0.1) is 11.3 Å². The lowest BCUT2D eigenvalue weighted by Crippen LogP contribution is -2.21. The quantitative estimate of drug-likeness (QED) is 0.623. The van der Waals surface area contributed by atoms with Crippen LogP contribution in [0.1, 0.15) is 29.2 Å². The lowest BCUT2D eigenvalue weighted by atomic mass is 10.1. The number of hydrogen-bond acceptors (Lipinski definition) is 4. The number of hydrogen-bond donors (Lipinski definition) is 0. The number of carbonyl (C=O) groups excluding carboxylic acids is 1. The van der Waals surface area contributed by atoms with Crippen LogP contribution in [0.4, 0.5) is 5.69 Å². The van der Waals surface area contributed by atoms with Gasteiger partial charge < -0.3 is 4.90 Å². The fourth-order valence-electron chi connectivity index (χ4n) is 2.68. The van der Waals surface area contributed by atoms with Crippen molar-refractivity contribution < 1.29 is 4.79 Å². The van der Waals surface area contributed by atoms with E-state index < -0.39 is 0 Å². The minimum Gasteiger partial charge on any atom is -0.372 e. The number of fused-ring (bicyclic) bond motifs is 1. The van der Waals surface area contributed by atoms with E-state index in [4.69, 9.17) is 0 Å². The first-order valence-corrected chi connectivity index (χ1v) is 8.75. The molecule has 1 heterocycles. The van der Waals surface area contributed by atoms with Gasteiger partial charge in [0, 0.05) is 24.3 Å². The van der Waals surface area contributed by atoms with Gasteiger partial charge in [0.25, 0.3) is 0 Å². The van der Waals surface area contributed by atoms with Gasteiger partial charge in [-0.05, 0) is 50.2 Å². The highest BCUT2D eigenvalue weighted by atomic mass is 32.1. The third-order valence-corrected chi connectivity index (χ3v) is 5.00. The van der Waals surface area contributed by atoms with E-state index in [-0.39, 0.29) is 5.78 Å². The fourth-order valence-corrected chi connectivity index (χ4v) is 3.65. The van der Waals surface area contributed by atoms with Crippen LogP contribution in [0.2, 0.25) is 0 Å². The van der Waals surface area contributed by atoms with E-state index in [0.717, 1.165) is 39.6 Å². The molecule has 0 spiro atoms. The van der Waals surface area contributed by atoms with Crippen molar-refractivity contribution in [3.05, 3.63) is 59.1 Å².